The molecule has 0 spiro atoms. The van der Waals surface area contributed by atoms with Crippen molar-refractivity contribution in [3.05, 3.63) is 52.8 Å². The van der Waals surface area contributed by atoms with Crippen molar-refractivity contribution in [1.29, 1.82) is 0 Å². The van der Waals surface area contributed by atoms with Gasteiger partial charge in [-0.25, -0.2) is 4.98 Å². The highest BCUT2D eigenvalue weighted by Crippen LogP contribution is 2.24. The third kappa shape index (κ3) is 4.00. The van der Waals surface area contributed by atoms with Gasteiger partial charge in [-0.15, -0.1) is 0 Å². The molecule has 6 heteroatoms. The van der Waals surface area contributed by atoms with Crippen LogP contribution in [0.25, 0.3) is 0 Å². The Morgan fingerprint density at radius 3 is 2.46 bits per heavy atom. The molecular formula is C18H18BrN3O2. The standard InChI is InChI=1S/C18H18BrN3O2/c19-17-6-3-15(11-20-17)21-18(24)14-7-9-22(10-8-14)16-4-1-13(12-23)2-5-16/h1-6,11-12,14H,7-10H2,(H,21,24). The quantitative estimate of drug-likeness (QED) is 0.643. The topological polar surface area (TPSA) is 62.3 Å². The number of piperidine rings is 1. The summed E-state index contributed by atoms with van der Waals surface area (Å²) in [6.07, 6.45) is 4.11. The van der Waals surface area contributed by atoms with E-state index in [1.54, 1.807) is 12.3 Å². The van der Waals surface area contributed by atoms with E-state index in [1.165, 1.54) is 0 Å². The van der Waals surface area contributed by atoms with E-state index in [0.717, 1.165) is 48.2 Å². The first kappa shape index (κ1) is 16.6. The van der Waals surface area contributed by atoms with Crippen LogP contribution in [0.5, 0.6) is 0 Å². The van der Waals surface area contributed by atoms with Crippen LogP contribution in [0, 0.1) is 5.92 Å². The van der Waals surface area contributed by atoms with Crippen molar-refractivity contribution < 1.29 is 9.59 Å². The highest BCUT2D eigenvalue weighted by Gasteiger charge is 2.25. The minimum Gasteiger partial charge on any atom is -0.371 e. The second-order valence-corrected chi connectivity index (χ2v) is 6.64. The number of nitrogens with one attached hydrogen (secondary N) is 1. The Balaban J connectivity index is 1.54. The molecule has 1 aliphatic rings. The fraction of sp³-hybridized carbons (Fsp3) is 0.278. The van der Waals surface area contributed by atoms with Crippen molar-refractivity contribution in [2.24, 2.45) is 5.92 Å². The van der Waals surface area contributed by atoms with Gasteiger partial charge in [0.1, 0.15) is 10.9 Å². The van der Waals surface area contributed by atoms with Gasteiger partial charge in [0.05, 0.1) is 11.9 Å². The number of pyridine rings is 1. The molecule has 0 aliphatic carbocycles. The summed E-state index contributed by atoms with van der Waals surface area (Å²) in [6.45, 7) is 1.66. The van der Waals surface area contributed by atoms with Crippen LogP contribution in [0.1, 0.15) is 23.2 Å². The Morgan fingerprint density at radius 1 is 1.17 bits per heavy atom. The van der Waals surface area contributed by atoms with E-state index < -0.39 is 0 Å². The van der Waals surface area contributed by atoms with E-state index >= 15 is 0 Å². The van der Waals surface area contributed by atoms with Crippen LogP contribution >= 0.6 is 15.9 Å². The molecule has 1 amide bonds. The zero-order valence-corrected chi connectivity index (χ0v) is 14.7. The van der Waals surface area contributed by atoms with Gasteiger partial charge in [0, 0.05) is 30.3 Å². The van der Waals surface area contributed by atoms with E-state index in [0.29, 0.717) is 5.56 Å². The highest BCUT2D eigenvalue weighted by molar-refractivity contribution is 9.10. The summed E-state index contributed by atoms with van der Waals surface area (Å²) in [5.74, 6) is 0.0641. The zero-order chi connectivity index (χ0) is 16.9. The summed E-state index contributed by atoms with van der Waals surface area (Å²) in [6, 6.07) is 11.2. The molecule has 1 fully saturated rings. The molecule has 0 radical (unpaired) electrons. The Labute approximate surface area is 149 Å². The average molecular weight is 388 g/mol. The average Bonchev–Trinajstić information content (AvgIpc) is 2.64. The minimum atomic E-state index is 0.0131. The summed E-state index contributed by atoms with van der Waals surface area (Å²) in [5, 5.41) is 2.93. The number of aromatic nitrogens is 1. The van der Waals surface area contributed by atoms with E-state index in [-0.39, 0.29) is 11.8 Å². The van der Waals surface area contributed by atoms with E-state index in [4.69, 9.17) is 0 Å². The molecule has 0 atom stereocenters. The van der Waals surface area contributed by atoms with Crippen molar-refractivity contribution in [1.82, 2.24) is 4.98 Å². The van der Waals surface area contributed by atoms with Gasteiger partial charge in [-0.3, -0.25) is 9.59 Å². The maximum absolute atomic E-state index is 12.4. The summed E-state index contributed by atoms with van der Waals surface area (Å²) in [5.41, 5.74) is 2.49. The lowest BCUT2D eigenvalue weighted by molar-refractivity contribution is -0.120. The van der Waals surface area contributed by atoms with E-state index in [2.05, 4.69) is 31.1 Å². The summed E-state index contributed by atoms with van der Waals surface area (Å²) in [7, 11) is 0. The molecule has 2 aromatic rings. The molecule has 1 aliphatic heterocycles. The number of nitrogens with zero attached hydrogens (tertiary/aromatic N) is 2. The van der Waals surface area contributed by atoms with Crippen LogP contribution in [0.15, 0.2) is 47.2 Å². The molecule has 1 saturated heterocycles. The fourth-order valence-corrected chi connectivity index (χ4v) is 3.09. The summed E-state index contributed by atoms with van der Waals surface area (Å²) < 4.78 is 0.745. The van der Waals surface area contributed by atoms with Gasteiger partial charge in [-0.05, 0) is 65.2 Å². The number of carbonyl (C=O) groups is 2. The number of anilines is 2. The number of hydrogen-bond donors (Lipinski definition) is 1. The Kier molecular flexibility index (Phi) is 5.25. The maximum atomic E-state index is 12.4. The van der Waals surface area contributed by atoms with Crippen LogP contribution in [0.3, 0.4) is 0 Å². The smallest absolute Gasteiger partial charge is 0.227 e. The van der Waals surface area contributed by atoms with Crippen LogP contribution in [0.2, 0.25) is 0 Å². The number of amides is 1. The first-order valence-electron chi connectivity index (χ1n) is 7.88. The number of rotatable bonds is 4. The molecule has 0 bridgehead atoms. The summed E-state index contributed by atoms with van der Waals surface area (Å²) >= 11 is 3.28. The Morgan fingerprint density at radius 2 is 1.88 bits per heavy atom. The largest absolute Gasteiger partial charge is 0.371 e. The maximum Gasteiger partial charge on any atom is 0.227 e. The molecule has 1 aromatic carbocycles. The molecule has 0 saturated carbocycles. The predicted octanol–water partition coefficient (Wildman–Crippen LogP) is 3.51. The second kappa shape index (κ2) is 7.57. The summed E-state index contributed by atoms with van der Waals surface area (Å²) in [4.78, 5) is 29.4. The predicted molar refractivity (Wildman–Crippen MR) is 97.3 cm³/mol. The van der Waals surface area contributed by atoms with Crippen LogP contribution in [0.4, 0.5) is 11.4 Å². The SMILES string of the molecule is O=Cc1ccc(N2CCC(C(=O)Nc3ccc(Br)nc3)CC2)cc1. The molecule has 2 heterocycles. The van der Waals surface area contributed by atoms with Gasteiger partial charge >= 0.3 is 0 Å². The van der Waals surface area contributed by atoms with Crippen molar-refractivity contribution in [3.63, 3.8) is 0 Å². The van der Waals surface area contributed by atoms with Gasteiger partial charge in [0.15, 0.2) is 0 Å². The number of carbonyl (C=O) groups excluding carboxylic acids is 2. The number of halogens is 1. The molecule has 1 N–H and O–H groups in total. The van der Waals surface area contributed by atoms with E-state index in [1.807, 2.05) is 30.3 Å². The number of aldehydes is 1. The first-order chi connectivity index (χ1) is 11.7. The van der Waals surface area contributed by atoms with Crippen molar-refractivity contribution >= 4 is 39.5 Å². The zero-order valence-electron chi connectivity index (χ0n) is 13.1. The lowest BCUT2D eigenvalue weighted by atomic mass is 9.95. The van der Waals surface area contributed by atoms with Crippen molar-refractivity contribution in [2.75, 3.05) is 23.3 Å². The van der Waals surface area contributed by atoms with Gasteiger partial charge in [0.25, 0.3) is 0 Å². The minimum absolute atomic E-state index is 0.0131. The molecule has 1 aromatic heterocycles. The molecule has 124 valence electrons. The van der Waals surface area contributed by atoms with Crippen molar-refractivity contribution in [2.45, 2.75) is 12.8 Å². The van der Waals surface area contributed by atoms with E-state index in [9.17, 15) is 9.59 Å². The Hall–Kier alpha value is -2.21. The third-order valence-corrected chi connectivity index (χ3v) is 4.72. The number of benzene rings is 1. The molecule has 24 heavy (non-hydrogen) atoms. The van der Waals surface area contributed by atoms with Gasteiger partial charge in [-0.2, -0.15) is 0 Å². The van der Waals surface area contributed by atoms with Crippen LogP contribution < -0.4 is 10.2 Å². The van der Waals surface area contributed by atoms with Gasteiger partial charge < -0.3 is 10.2 Å². The molecule has 3 rings (SSSR count). The third-order valence-electron chi connectivity index (χ3n) is 4.25. The van der Waals surface area contributed by atoms with Gasteiger partial charge in [0.2, 0.25) is 5.91 Å². The number of hydrogen-bond acceptors (Lipinski definition) is 4. The normalized spacial score (nSPS) is 15.1. The molecule has 5 nitrogen and oxygen atoms in total. The molecule has 0 unspecified atom stereocenters. The monoisotopic (exact) mass is 387 g/mol. The Bertz CT molecular complexity index is 708. The van der Waals surface area contributed by atoms with Crippen molar-refractivity contribution in [3.8, 4) is 0 Å². The first-order valence-corrected chi connectivity index (χ1v) is 8.67. The lowest BCUT2D eigenvalue weighted by Gasteiger charge is -2.33. The lowest BCUT2D eigenvalue weighted by Crippen LogP contribution is -2.38. The molecular weight excluding hydrogens is 370 g/mol. The second-order valence-electron chi connectivity index (χ2n) is 5.83. The van der Waals surface area contributed by atoms with Crippen LogP contribution in [-0.4, -0.2) is 30.3 Å². The fourth-order valence-electron chi connectivity index (χ4n) is 2.86. The van der Waals surface area contributed by atoms with Gasteiger partial charge in [-0.1, -0.05) is 0 Å². The van der Waals surface area contributed by atoms with Crippen LogP contribution in [-0.2, 0) is 4.79 Å². The highest BCUT2D eigenvalue weighted by atomic mass is 79.9.